The molecule has 2 aromatic rings. The summed E-state index contributed by atoms with van der Waals surface area (Å²) in [5.41, 5.74) is 1.51. The van der Waals surface area contributed by atoms with Crippen LogP contribution in [0.3, 0.4) is 0 Å². The fraction of sp³-hybridized carbons (Fsp3) is 0.273. The van der Waals surface area contributed by atoms with Crippen molar-refractivity contribution in [1.29, 1.82) is 0 Å². The number of amides is 3. The van der Waals surface area contributed by atoms with Crippen LogP contribution in [0.25, 0.3) is 0 Å². The maximum Gasteiger partial charge on any atom is 0.306 e. The molecule has 1 N–H and O–H groups in total. The third kappa shape index (κ3) is 4.68. The van der Waals surface area contributed by atoms with Gasteiger partial charge in [0.15, 0.2) is 0 Å². The Morgan fingerprint density at radius 3 is 2.17 bits per heavy atom. The molecule has 0 aromatic heterocycles. The van der Waals surface area contributed by atoms with E-state index in [4.69, 9.17) is 4.74 Å². The third-order valence-electron chi connectivity index (χ3n) is 4.69. The highest BCUT2D eigenvalue weighted by molar-refractivity contribution is 6.22. The summed E-state index contributed by atoms with van der Waals surface area (Å²) >= 11 is 0. The van der Waals surface area contributed by atoms with Gasteiger partial charge in [-0.3, -0.25) is 24.1 Å². The molecule has 1 aliphatic rings. The molecule has 3 rings (SSSR count). The van der Waals surface area contributed by atoms with Gasteiger partial charge in [-0.15, -0.1) is 0 Å². The van der Waals surface area contributed by atoms with Crippen molar-refractivity contribution in [2.75, 3.05) is 6.54 Å². The molecule has 0 spiro atoms. The summed E-state index contributed by atoms with van der Waals surface area (Å²) in [5.74, 6) is -1.75. The van der Waals surface area contributed by atoms with E-state index < -0.39 is 23.8 Å². The number of imide groups is 1. The van der Waals surface area contributed by atoms with Crippen LogP contribution in [0.2, 0.25) is 0 Å². The number of rotatable bonds is 8. The molecule has 1 unspecified atom stereocenters. The number of carbonyl (C=O) groups is 4. The van der Waals surface area contributed by atoms with Gasteiger partial charge in [0.25, 0.3) is 11.8 Å². The van der Waals surface area contributed by atoms with Crippen LogP contribution in [0.1, 0.15) is 46.0 Å². The molecule has 1 atom stereocenters. The third-order valence-corrected chi connectivity index (χ3v) is 4.69. The highest BCUT2D eigenvalue weighted by Gasteiger charge is 2.40. The van der Waals surface area contributed by atoms with Gasteiger partial charge in [0.2, 0.25) is 5.91 Å². The fourth-order valence-corrected chi connectivity index (χ4v) is 3.08. The molecule has 0 aliphatic carbocycles. The minimum absolute atomic E-state index is 0.161. The van der Waals surface area contributed by atoms with Gasteiger partial charge in [0.05, 0.1) is 11.1 Å². The number of hydrogen-bond donors (Lipinski definition) is 1. The van der Waals surface area contributed by atoms with E-state index in [1.165, 1.54) is 6.92 Å². The van der Waals surface area contributed by atoms with Gasteiger partial charge in [0.1, 0.15) is 12.6 Å². The van der Waals surface area contributed by atoms with Crippen molar-refractivity contribution in [3.05, 3.63) is 71.3 Å². The lowest BCUT2D eigenvalue weighted by Crippen LogP contribution is -2.48. The van der Waals surface area contributed by atoms with Crippen molar-refractivity contribution >= 4 is 23.7 Å². The van der Waals surface area contributed by atoms with Gasteiger partial charge in [0, 0.05) is 13.0 Å². The second-order valence-corrected chi connectivity index (χ2v) is 6.74. The lowest BCUT2D eigenvalue weighted by molar-refractivity contribution is -0.145. The largest absolute Gasteiger partial charge is 0.461 e. The van der Waals surface area contributed by atoms with Gasteiger partial charge in [-0.1, -0.05) is 42.5 Å². The zero-order valence-corrected chi connectivity index (χ0v) is 16.1. The summed E-state index contributed by atoms with van der Waals surface area (Å²) in [6.07, 6.45) is 0.558. The predicted molar refractivity (Wildman–Crippen MR) is 105 cm³/mol. The van der Waals surface area contributed by atoms with Crippen LogP contribution in [-0.2, 0) is 20.9 Å². The van der Waals surface area contributed by atoms with Crippen LogP contribution in [0.15, 0.2) is 54.6 Å². The van der Waals surface area contributed by atoms with E-state index in [0.29, 0.717) is 17.5 Å². The Hall–Kier alpha value is -3.48. The number of nitrogens with zero attached hydrogens (tertiary/aromatic N) is 1. The Labute approximate surface area is 168 Å². The summed E-state index contributed by atoms with van der Waals surface area (Å²) in [6, 6.07) is 14.9. The molecular weight excluding hydrogens is 372 g/mol. The van der Waals surface area contributed by atoms with Crippen molar-refractivity contribution in [2.24, 2.45) is 0 Å². The highest BCUT2D eigenvalue weighted by atomic mass is 16.5. The zero-order valence-electron chi connectivity index (χ0n) is 16.1. The standard InChI is InChI=1S/C22H22N2O5/c1-15(24-21(27)17-10-5-6-11-18(17)22(24)28)20(26)23-13-7-12-19(25)29-14-16-8-3-2-4-9-16/h2-6,8-11,15H,7,12-14H2,1H3,(H,23,26). The van der Waals surface area contributed by atoms with Crippen molar-refractivity contribution < 1.29 is 23.9 Å². The van der Waals surface area contributed by atoms with Crippen LogP contribution in [-0.4, -0.2) is 41.2 Å². The van der Waals surface area contributed by atoms with E-state index in [0.717, 1.165) is 10.5 Å². The normalized spacial score (nSPS) is 13.8. The number of nitrogens with one attached hydrogen (secondary N) is 1. The van der Waals surface area contributed by atoms with Crippen molar-refractivity contribution in [3.8, 4) is 0 Å². The molecule has 0 fully saturated rings. The van der Waals surface area contributed by atoms with E-state index >= 15 is 0 Å². The Morgan fingerprint density at radius 1 is 0.966 bits per heavy atom. The van der Waals surface area contributed by atoms with E-state index in [1.54, 1.807) is 24.3 Å². The fourth-order valence-electron chi connectivity index (χ4n) is 3.08. The van der Waals surface area contributed by atoms with Gasteiger partial charge in [-0.2, -0.15) is 0 Å². The topological polar surface area (TPSA) is 92.8 Å². The average Bonchev–Trinajstić information content (AvgIpc) is 3.00. The van der Waals surface area contributed by atoms with E-state index in [-0.39, 0.29) is 25.5 Å². The molecule has 0 radical (unpaired) electrons. The lowest BCUT2D eigenvalue weighted by Gasteiger charge is -2.21. The van der Waals surface area contributed by atoms with Crippen LogP contribution >= 0.6 is 0 Å². The Balaban J connectivity index is 1.41. The van der Waals surface area contributed by atoms with Gasteiger partial charge in [-0.25, -0.2) is 0 Å². The van der Waals surface area contributed by atoms with Crippen LogP contribution < -0.4 is 5.32 Å². The Kier molecular flexibility index (Phi) is 6.39. The number of fused-ring (bicyclic) bond motifs is 1. The second-order valence-electron chi connectivity index (χ2n) is 6.74. The van der Waals surface area contributed by atoms with Crippen LogP contribution in [0.5, 0.6) is 0 Å². The molecule has 29 heavy (non-hydrogen) atoms. The Bertz CT molecular complexity index is 891. The molecule has 1 heterocycles. The van der Waals surface area contributed by atoms with Gasteiger partial charge >= 0.3 is 5.97 Å². The summed E-state index contributed by atoms with van der Waals surface area (Å²) < 4.78 is 5.18. The van der Waals surface area contributed by atoms with E-state index in [9.17, 15) is 19.2 Å². The molecule has 1 aliphatic heterocycles. The number of hydrogen-bond acceptors (Lipinski definition) is 5. The Morgan fingerprint density at radius 2 is 1.55 bits per heavy atom. The van der Waals surface area contributed by atoms with Crippen LogP contribution in [0, 0.1) is 0 Å². The lowest BCUT2D eigenvalue weighted by atomic mass is 10.1. The first-order chi connectivity index (χ1) is 14.0. The molecular formula is C22H22N2O5. The summed E-state index contributed by atoms with van der Waals surface area (Å²) in [7, 11) is 0. The first-order valence-corrected chi connectivity index (χ1v) is 9.43. The predicted octanol–water partition coefficient (Wildman–Crippen LogP) is 2.31. The average molecular weight is 394 g/mol. The van der Waals surface area contributed by atoms with Crippen molar-refractivity contribution in [3.63, 3.8) is 0 Å². The van der Waals surface area contributed by atoms with Crippen molar-refractivity contribution in [1.82, 2.24) is 10.2 Å². The first-order valence-electron chi connectivity index (χ1n) is 9.43. The van der Waals surface area contributed by atoms with Gasteiger partial charge in [-0.05, 0) is 31.0 Å². The molecule has 0 bridgehead atoms. The molecule has 3 amide bonds. The quantitative estimate of drug-likeness (QED) is 0.421. The van der Waals surface area contributed by atoms with Gasteiger partial charge < -0.3 is 10.1 Å². The molecule has 7 nitrogen and oxygen atoms in total. The number of ether oxygens (including phenoxy) is 1. The summed E-state index contributed by atoms with van der Waals surface area (Å²) in [5, 5.41) is 2.66. The van der Waals surface area contributed by atoms with Crippen LogP contribution in [0.4, 0.5) is 0 Å². The molecule has 150 valence electrons. The number of carbonyl (C=O) groups excluding carboxylic acids is 4. The summed E-state index contributed by atoms with van der Waals surface area (Å²) in [6.45, 7) is 1.96. The maximum atomic E-state index is 12.4. The molecule has 0 saturated heterocycles. The SMILES string of the molecule is CC(C(=O)NCCCC(=O)OCc1ccccc1)N1C(=O)c2ccccc2C1=O. The molecule has 0 saturated carbocycles. The molecule has 7 heteroatoms. The number of benzene rings is 2. The minimum Gasteiger partial charge on any atom is -0.461 e. The van der Waals surface area contributed by atoms with Crippen molar-refractivity contribution in [2.45, 2.75) is 32.4 Å². The monoisotopic (exact) mass is 394 g/mol. The van der Waals surface area contributed by atoms with E-state index in [2.05, 4.69) is 5.32 Å². The minimum atomic E-state index is -0.938. The maximum absolute atomic E-state index is 12.4. The smallest absolute Gasteiger partial charge is 0.306 e. The summed E-state index contributed by atoms with van der Waals surface area (Å²) in [4.78, 5) is 50.0. The highest BCUT2D eigenvalue weighted by Crippen LogP contribution is 2.24. The second kappa shape index (κ2) is 9.14. The van der Waals surface area contributed by atoms with E-state index in [1.807, 2.05) is 30.3 Å². The zero-order chi connectivity index (χ0) is 20.8. The molecule has 2 aromatic carbocycles. The number of esters is 1. The first kappa shape index (κ1) is 20.3.